The Kier molecular flexibility index (Phi) is 8.42. The molecule has 1 aromatic carbocycles. The number of amides is 2. The molecule has 0 saturated carbocycles. The molecule has 138 valence electrons. The highest BCUT2D eigenvalue weighted by molar-refractivity contribution is 5.89. The zero-order valence-electron chi connectivity index (χ0n) is 14.3. The summed E-state index contributed by atoms with van der Waals surface area (Å²) in [5.74, 6) is -2.30. The van der Waals surface area contributed by atoms with Gasteiger partial charge in [-0.25, -0.2) is 9.59 Å². The van der Waals surface area contributed by atoms with Gasteiger partial charge < -0.3 is 25.6 Å². The van der Waals surface area contributed by atoms with E-state index < -0.39 is 36.7 Å². The summed E-state index contributed by atoms with van der Waals surface area (Å²) < 4.78 is 5.09. The molecule has 0 radical (unpaired) electrons. The Bertz CT molecular complexity index is 578. The van der Waals surface area contributed by atoms with Crippen LogP contribution in [-0.4, -0.2) is 46.9 Å². The van der Waals surface area contributed by atoms with E-state index in [-0.39, 0.29) is 12.5 Å². The second-order valence-electron chi connectivity index (χ2n) is 5.65. The molecule has 0 aliphatic carbocycles. The Morgan fingerprint density at radius 1 is 1.16 bits per heavy atom. The fraction of sp³-hybridized carbons (Fsp3) is 0.471. The molecule has 1 aromatic rings. The summed E-state index contributed by atoms with van der Waals surface area (Å²) in [6.07, 6.45) is -0.200. The molecule has 0 spiro atoms. The fourth-order valence-electron chi connectivity index (χ4n) is 2.04. The summed E-state index contributed by atoms with van der Waals surface area (Å²) in [6, 6.07) is 6.66. The first-order valence-corrected chi connectivity index (χ1v) is 8.00. The third-order valence-electron chi connectivity index (χ3n) is 3.78. The van der Waals surface area contributed by atoms with Gasteiger partial charge in [-0.1, -0.05) is 50.6 Å². The van der Waals surface area contributed by atoms with Crippen molar-refractivity contribution in [1.29, 1.82) is 0 Å². The van der Waals surface area contributed by atoms with Gasteiger partial charge in [0.25, 0.3) is 0 Å². The lowest BCUT2D eigenvalue weighted by Crippen LogP contribution is -2.55. The highest BCUT2D eigenvalue weighted by Gasteiger charge is 2.29. The molecular weight excluding hydrogens is 328 g/mol. The predicted molar refractivity (Wildman–Crippen MR) is 89.7 cm³/mol. The number of hydrogen-bond acceptors (Lipinski definition) is 5. The van der Waals surface area contributed by atoms with E-state index in [9.17, 15) is 14.4 Å². The Labute approximate surface area is 146 Å². The Hall–Kier alpha value is -2.61. The highest BCUT2D eigenvalue weighted by atomic mass is 16.5. The largest absolute Gasteiger partial charge is 0.480 e. The van der Waals surface area contributed by atoms with Crippen molar-refractivity contribution in [3.63, 3.8) is 0 Å². The minimum absolute atomic E-state index is 0.0515. The molecule has 0 aromatic heterocycles. The maximum absolute atomic E-state index is 12.3. The van der Waals surface area contributed by atoms with E-state index >= 15 is 0 Å². The standard InChI is InChI=1S/C17H24N2O6/c1-3-11(2)14(15(21)18-13(9-20)16(22)23)19-17(24)25-10-12-7-5-4-6-8-12/h4-8,11,13-14,20H,3,9-10H2,1-2H3,(H,18,21)(H,19,24)(H,22,23)/t11-,13+,14+/m0/s1. The smallest absolute Gasteiger partial charge is 0.408 e. The normalized spacial score (nSPS) is 14.0. The second-order valence-corrected chi connectivity index (χ2v) is 5.65. The number of benzene rings is 1. The number of carbonyl (C=O) groups is 3. The molecule has 0 saturated heterocycles. The molecule has 0 heterocycles. The van der Waals surface area contributed by atoms with Crippen LogP contribution in [0.1, 0.15) is 25.8 Å². The van der Waals surface area contributed by atoms with Crippen molar-refractivity contribution in [2.75, 3.05) is 6.61 Å². The van der Waals surface area contributed by atoms with E-state index in [2.05, 4.69) is 10.6 Å². The lowest BCUT2D eigenvalue weighted by molar-refractivity contribution is -0.143. The van der Waals surface area contributed by atoms with Gasteiger partial charge in [-0.2, -0.15) is 0 Å². The Morgan fingerprint density at radius 3 is 2.32 bits per heavy atom. The number of alkyl carbamates (subject to hydrolysis) is 1. The zero-order valence-corrected chi connectivity index (χ0v) is 14.3. The van der Waals surface area contributed by atoms with E-state index in [0.29, 0.717) is 6.42 Å². The monoisotopic (exact) mass is 352 g/mol. The van der Waals surface area contributed by atoms with Crippen LogP contribution in [0.5, 0.6) is 0 Å². The topological polar surface area (TPSA) is 125 Å². The van der Waals surface area contributed by atoms with Crippen LogP contribution in [0.15, 0.2) is 30.3 Å². The van der Waals surface area contributed by atoms with Crippen molar-refractivity contribution >= 4 is 18.0 Å². The number of aliphatic hydroxyl groups excluding tert-OH is 1. The molecule has 0 aliphatic rings. The van der Waals surface area contributed by atoms with Gasteiger partial charge in [-0.3, -0.25) is 4.79 Å². The van der Waals surface area contributed by atoms with Crippen LogP contribution in [-0.2, 0) is 20.9 Å². The molecule has 8 nitrogen and oxygen atoms in total. The first-order chi connectivity index (χ1) is 11.9. The Morgan fingerprint density at radius 2 is 1.80 bits per heavy atom. The molecule has 3 atom stereocenters. The Balaban J connectivity index is 2.66. The van der Waals surface area contributed by atoms with E-state index in [0.717, 1.165) is 5.56 Å². The van der Waals surface area contributed by atoms with Crippen LogP contribution in [0.4, 0.5) is 4.79 Å². The van der Waals surface area contributed by atoms with Crippen LogP contribution in [0.25, 0.3) is 0 Å². The SMILES string of the molecule is CC[C@H](C)[C@@H](NC(=O)OCc1ccccc1)C(=O)N[C@H](CO)C(=O)O. The summed E-state index contributed by atoms with van der Waals surface area (Å²) in [4.78, 5) is 35.2. The predicted octanol–water partition coefficient (Wildman–Crippen LogP) is 0.889. The van der Waals surface area contributed by atoms with E-state index in [1.165, 1.54) is 0 Å². The van der Waals surface area contributed by atoms with Gasteiger partial charge >= 0.3 is 12.1 Å². The number of aliphatic carboxylic acids is 1. The molecule has 0 aliphatic heterocycles. The van der Waals surface area contributed by atoms with Gasteiger partial charge in [0.1, 0.15) is 18.7 Å². The van der Waals surface area contributed by atoms with Crippen molar-refractivity contribution in [3.8, 4) is 0 Å². The minimum Gasteiger partial charge on any atom is -0.480 e. The molecule has 0 unspecified atom stereocenters. The van der Waals surface area contributed by atoms with Gasteiger partial charge in [-0.05, 0) is 11.5 Å². The molecular formula is C17H24N2O6. The number of carbonyl (C=O) groups excluding carboxylic acids is 2. The number of carboxylic acid groups (broad SMARTS) is 1. The van der Waals surface area contributed by atoms with Crippen LogP contribution in [0, 0.1) is 5.92 Å². The van der Waals surface area contributed by atoms with Crippen molar-refractivity contribution in [1.82, 2.24) is 10.6 Å². The molecule has 8 heteroatoms. The summed E-state index contributed by atoms with van der Waals surface area (Å²) in [7, 11) is 0. The number of carboxylic acids is 1. The van der Waals surface area contributed by atoms with Crippen LogP contribution in [0.3, 0.4) is 0 Å². The quantitative estimate of drug-likeness (QED) is 0.523. The average molecular weight is 352 g/mol. The maximum Gasteiger partial charge on any atom is 0.408 e. The first-order valence-electron chi connectivity index (χ1n) is 8.00. The summed E-state index contributed by atoms with van der Waals surface area (Å²) in [6.45, 7) is 2.89. The van der Waals surface area contributed by atoms with Crippen molar-refractivity contribution in [3.05, 3.63) is 35.9 Å². The van der Waals surface area contributed by atoms with Gasteiger partial charge in [0.05, 0.1) is 6.61 Å². The maximum atomic E-state index is 12.3. The summed E-state index contributed by atoms with van der Waals surface area (Å²) in [5.41, 5.74) is 0.799. The number of hydrogen-bond donors (Lipinski definition) is 4. The van der Waals surface area contributed by atoms with Crippen molar-refractivity contribution < 1.29 is 29.3 Å². The average Bonchev–Trinajstić information content (AvgIpc) is 2.62. The van der Waals surface area contributed by atoms with Gasteiger partial charge in [-0.15, -0.1) is 0 Å². The zero-order chi connectivity index (χ0) is 18.8. The van der Waals surface area contributed by atoms with Gasteiger partial charge in [0.2, 0.25) is 5.91 Å². The lowest BCUT2D eigenvalue weighted by atomic mass is 9.98. The molecule has 4 N–H and O–H groups in total. The molecule has 25 heavy (non-hydrogen) atoms. The third kappa shape index (κ3) is 6.80. The van der Waals surface area contributed by atoms with Crippen LogP contribution < -0.4 is 10.6 Å². The number of nitrogens with one attached hydrogen (secondary N) is 2. The molecule has 1 rings (SSSR count). The molecule has 0 fully saturated rings. The number of ether oxygens (including phenoxy) is 1. The van der Waals surface area contributed by atoms with Crippen molar-refractivity contribution in [2.24, 2.45) is 5.92 Å². The number of rotatable bonds is 9. The second kappa shape index (κ2) is 10.3. The number of aliphatic hydroxyl groups is 1. The summed E-state index contributed by atoms with van der Waals surface area (Å²) in [5, 5.41) is 22.6. The third-order valence-corrected chi connectivity index (χ3v) is 3.78. The van der Waals surface area contributed by atoms with Gasteiger partial charge in [0.15, 0.2) is 0 Å². The van der Waals surface area contributed by atoms with E-state index in [1.54, 1.807) is 19.1 Å². The van der Waals surface area contributed by atoms with E-state index in [1.807, 2.05) is 25.1 Å². The summed E-state index contributed by atoms with van der Waals surface area (Å²) >= 11 is 0. The van der Waals surface area contributed by atoms with Gasteiger partial charge in [0, 0.05) is 0 Å². The van der Waals surface area contributed by atoms with Crippen LogP contribution in [0.2, 0.25) is 0 Å². The minimum atomic E-state index is -1.43. The molecule has 2 amide bonds. The first kappa shape index (κ1) is 20.4. The van der Waals surface area contributed by atoms with Crippen LogP contribution >= 0.6 is 0 Å². The van der Waals surface area contributed by atoms with Crippen molar-refractivity contribution in [2.45, 2.75) is 39.0 Å². The lowest BCUT2D eigenvalue weighted by Gasteiger charge is -2.24. The molecule has 0 bridgehead atoms. The van der Waals surface area contributed by atoms with E-state index in [4.69, 9.17) is 14.9 Å². The highest BCUT2D eigenvalue weighted by Crippen LogP contribution is 2.09. The fourth-order valence-corrected chi connectivity index (χ4v) is 2.04.